The molecule has 2 heteroatoms. The molecule has 3 atom stereocenters. The van der Waals surface area contributed by atoms with Crippen LogP contribution < -0.4 is 0 Å². The third kappa shape index (κ3) is 1.00. The molecular weight excluding hydrogens is 140 g/mol. The van der Waals surface area contributed by atoms with Gasteiger partial charge in [0.25, 0.3) is 0 Å². The number of ether oxygens (including phenoxy) is 1. The maximum absolute atomic E-state index is 9.31. The molecule has 0 aromatic rings. The van der Waals surface area contributed by atoms with E-state index in [1.807, 2.05) is 0 Å². The lowest BCUT2D eigenvalue weighted by atomic mass is 9.80. The van der Waals surface area contributed by atoms with Crippen molar-refractivity contribution in [2.75, 3.05) is 0 Å². The maximum atomic E-state index is 9.31. The molecule has 0 bridgehead atoms. The molecule has 2 rings (SSSR count). The lowest BCUT2D eigenvalue weighted by Crippen LogP contribution is -2.23. The first-order valence-electron chi connectivity index (χ1n) is 4.60. The van der Waals surface area contributed by atoms with E-state index in [1.165, 1.54) is 12.8 Å². The molecule has 1 aliphatic carbocycles. The highest BCUT2D eigenvalue weighted by molar-refractivity contribution is 4.96. The van der Waals surface area contributed by atoms with E-state index in [4.69, 9.17) is 4.74 Å². The highest BCUT2D eigenvalue weighted by Gasteiger charge is 2.49. The van der Waals surface area contributed by atoms with Crippen LogP contribution in [-0.4, -0.2) is 17.5 Å². The Morgan fingerprint density at radius 3 is 3.09 bits per heavy atom. The van der Waals surface area contributed by atoms with Gasteiger partial charge in [-0.2, -0.15) is 0 Å². The van der Waals surface area contributed by atoms with E-state index in [0.29, 0.717) is 11.5 Å². The molecule has 1 unspecified atom stereocenters. The molecule has 0 amide bonds. The molecule has 0 aromatic heterocycles. The van der Waals surface area contributed by atoms with Gasteiger partial charge in [0, 0.05) is 11.8 Å². The van der Waals surface area contributed by atoms with E-state index in [2.05, 4.69) is 6.92 Å². The molecule has 1 saturated heterocycles. The summed E-state index contributed by atoms with van der Waals surface area (Å²) in [7, 11) is 0. The topological polar surface area (TPSA) is 29.5 Å². The third-order valence-electron chi connectivity index (χ3n) is 3.43. The summed E-state index contributed by atoms with van der Waals surface area (Å²) in [6.07, 6.45) is 5.62. The largest absolute Gasteiger partial charge is 0.368 e. The van der Waals surface area contributed by atoms with Crippen molar-refractivity contribution in [3.63, 3.8) is 0 Å². The van der Waals surface area contributed by atoms with Gasteiger partial charge in [0.15, 0.2) is 6.29 Å². The average Bonchev–Trinajstić information content (AvgIpc) is 2.43. The second-order valence-electron chi connectivity index (χ2n) is 3.89. The van der Waals surface area contributed by atoms with Gasteiger partial charge in [-0.25, -0.2) is 0 Å². The molecule has 64 valence electrons. The number of fused-ring (bicyclic) bond motifs is 1. The molecule has 1 heterocycles. The Morgan fingerprint density at radius 1 is 1.64 bits per heavy atom. The van der Waals surface area contributed by atoms with Crippen molar-refractivity contribution < 1.29 is 9.84 Å². The zero-order chi connectivity index (χ0) is 7.90. The summed E-state index contributed by atoms with van der Waals surface area (Å²) in [6, 6.07) is 0. The van der Waals surface area contributed by atoms with Crippen LogP contribution >= 0.6 is 0 Å². The van der Waals surface area contributed by atoms with Crippen molar-refractivity contribution in [1.29, 1.82) is 0 Å². The van der Waals surface area contributed by atoms with Crippen molar-refractivity contribution in [1.82, 2.24) is 0 Å². The predicted molar refractivity (Wildman–Crippen MR) is 42.1 cm³/mol. The highest BCUT2D eigenvalue weighted by atomic mass is 16.6. The Bertz CT molecular complexity index is 158. The normalized spacial score (nSPS) is 49.6. The van der Waals surface area contributed by atoms with Gasteiger partial charge in [0.05, 0.1) is 6.10 Å². The van der Waals surface area contributed by atoms with Gasteiger partial charge in [-0.15, -0.1) is 0 Å². The zero-order valence-electron chi connectivity index (χ0n) is 7.05. The Morgan fingerprint density at radius 2 is 2.45 bits per heavy atom. The molecular formula is C9H16O2. The van der Waals surface area contributed by atoms with Crippen molar-refractivity contribution in [3.05, 3.63) is 0 Å². The molecule has 1 N–H and O–H groups in total. The summed E-state index contributed by atoms with van der Waals surface area (Å²) in [5, 5.41) is 9.31. The van der Waals surface area contributed by atoms with Crippen molar-refractivity contribution in [3.8, 4) is 0 Å². The zero-order valence-corrected chi connectivity index (χ0v) is 7.05. The van der Waals surface area contributed by atoms with E-state index < -0.39 is 6.29 Å². The summed E-state index contributed by atoms with van der Waals surface area (Å²) in [4.78, 5) is 0. The quantitative estimate of drug-likeness (QED) is 0.625. The van der Waals surface area contributed by atoms with Crippen LogP contribution in [0, 0.1) is 5.41 Å². The molecule has 1 saturated carbocycles. The SMILES string of the molecule is CC[C@]12CCC[C@H]1OC(O)C2. The second kappa shape index (κ2) is 2.46. The Hall–Kier alpha value is -0.0800. The number of aliphatic hydroxyl groups is 1. The van der Waals surface area contributed by atoms with Crippen LogP contribution in [0.1, 0.15) is 39.0 Å². The Labute approximate surface area is 67.6 Å². The summed E-state index contributed by atoms with van der Waals surface area (Å²) in [5.41, 5.74) is 0.347. The lowest BCUT2D eigenvalue weighted by molar-refractivity contribution is -0.0929. The average molecular weight is 156 g/mol. The number of aliphatic hydroxyl groups excluding tert-OH is 1. The van der Waals surface area contributed by atoms with E-state index in [9.17, 15) is 5.11 Å². The minimum atomic E-state index is -0.472. The predicted octanol–water partition coefficient (Wildman–Crippen LogP) is 1.67. The summed E-state index contributed by atoms with van der Waals surface area (Å²) in [5.74, 6) is 0. The van der Waals surface area contributed by atoms with E-state index in [-0.39, 0.29) is 0 Å². The molecule has 0 radical (unpaired) electrons. The van der Waals surface area contributed by atoms with Crippen LogP contribution in [0.15, 0.2) is 0 Å². The minimum Gasteiger partial charge on any atom is -0.368 e. The molecule has 1 aliphatic heterocycles. The fraction of sp³-hybridized carbons (Fsp3) is 1.00. The Kier molecular flexibility index (Phi) is 1.69. The van der Waals surface area contributed by atoms with Crippen molar-refractivity contribution >= 4 is 0 Å². The summed E-state index contributed by atoms with van der Waals surface area (Å²) >= 11 is 0. The fourth-order valence-corrected chi connectivity index (χ4v) is 2.69. The van der Waals surface area contributed by atoms with Gasteiger partial charge < -0.3 is 9.84 Å². The monoisotopic (exact) mass is 156 g/mol. The first kappa shape index (κ1) is 7.56. The standard InChI is InChI=1S/C9H16O2/c1-2-9-5-3-4-7(9)11-8(10)6-9/h7-8,10H,2-6H2,1H3/t7-,8?,9-/m1/s1. The van der Waals surface area contributed by atoms with E-state index >= 15 is 0 Å². The maximum Gasteiger partial charge on any atom is 0.155 e. The van der Waals surface area contributed by atoms with Crippen LogP contribution in [0.2, 0.25) is 0 Å². The van der Waals surface area contributed by atoms with Gasteiger partial charge in [0.2, 0.25) is 0 Å². The van der Waals surface area contributed by atoms with E-state index in [1.54, 1.807) is 0 Å². The van der Waals surface area contributed by atoms with Gasteiger partial charge in [0.1, 0.15) is 0 Å². The van der Waals surface area contributed by atoms with Crippen LogP contribution in [0.25, 0.3) is 0 Å². The smallest absolute Gasteiger partial charge is 0.155 e. The molecule has 2 nitrogen and oxygen atoms in total. The second-order valence-corrected chi connectivity index (χ2v) is 3.89. The third-order valence-corrected chi connectivity index (χ3v) is 3.43. The first-order chi connectivity index (χ1) is 5.27. The fourth-order valence-electron chi connectivity index (χ4n) is 2.69. The number of hydrogen-bond donors (Lipinski definition) is 1. The van der Waals surface area contributed by atoms with Crippen LogP contribution in [0.4, 0.5) is 0 Å². The lowest BCUT2D eigenvalue weighted by Gasteiger charge is -2.24. The molecule has 2 fully saturated rings. The molecule has 0 spiro atoms. The first-order valence-corrected chi connectivity index (χ1v) is 4.60. The summed E-state index contributed by atoms with van der Waals surface area (Å²) < 4.78 is 5.44. The minimum absolute atomic E-state index is 0.347. The van der Waals surface area contributed by atoms with Crippen molar-refractivity contribution in [2.24, 2.45) is 5.41 Å². The van der Waals surface area contributed by atoms with Gasteiger partial charge in [-0.05, 0) is 19.3 Å². The van der Waals surface area contributed by atoms with Crippen LogP contribution in [-0.2, 0) is 4.74 Å². The van der Waals surface area contributed by atoms with E-state index in [0.717, 1.165) is 19.3 Å². The summed E-state index contributed by atoms with van der Waals surface area (Å²) in [6.45, 7) is 2.21. The molecule has 2 aliphatic rings. The highest BCUT2D eigenvalue weighted by Crippen LogP contribution is 2.51. The molecule has 11 heavy (non-hydrogen) atoms. The van der Waals surface area contributed by atoms with Crippen LogP contribution in [0.3, 0.4) is 0 Å². The van der Waals surface area contributed by atoms with Crippen molar-refractivity contribution in [2.45, 2.75) is 51.4 Å². The van der Waals surface area contributed by atoms with Gasteiger partial charge >= 0.3 is 0 Å². The Balaban J connectivity index is 2.15. The number of hydrogen-bond acceptors (Lipinski definition) is 2. The van der Waals surface area contributed by atoms with Gasteiger partial charge in [-0.3, -0.25) is 0 Å². The van der Waals surface area contributed by atoms with Crippen LogP contribution in [0.5, 0.6) is 0 Å². The van der Waals surface area contributed by atoms with Gasteiger partial charge in [-0.1, -0.05) is 13.3 Å². The number of rotatable bonds is 1. The molecule has 0 aromatic carbocycles.